The second kappa shape index (κ2) is 7.87. The molecular weight excluding hydrogens is 344 g/mol. The van der Waals surface area contributed by atoms with E-state index < -0.39 is 0 Å². The first-order valence-electron chi connectivity index (χ1n) is 9.48. The molecule has 0 radical (unpaired) electrons. The minimum absolute atomic E-state index is 0.0579. The third-order valence-electron chi connectivity index (χ3n) is 5.09. The molecule has 3 rings (SSSR count). The summed E-state index contributed by atoms with van der Waals surface area (Å²) in [5.41, 5.74) is 2.56. The lowest BCUT2D eigenvalue weighted by molar-refractivity contribution is 0.418. The number of rotatable bonds is 5. The molecule has 0 amide bonds. The Labute approximate surface area is 159 Å². The Hall–Kier alpha value is -1.75. The van der Waals surface area contributed by atoms with Crippen LogP contribution in [0.4, 0.5) is 0 Å². The summed E-state index contributed by atoms with van der Waals surface area (Å²) < 4.78 is 1.81. The molecule has 1 saturated carbocycles. The van der Waals surface area contributed by atoms with Gasteiger partial charge in [0.15, 0.2) is 0 Å². The van der Waals surface area contributed by atoms with Crippen LogP contribution < -0.4 is 11.2 Å². The quantitative estimate of drug-likeness (QED) is 0.779. The molecule has 1 aliphatic rings. The van der Waals surface area contributed by atoms with E-state index in [2.05, 4.69) is 37.0 Å². The average Bonchev–Trinajstić information content (AvgIpc) is 3.02. The maximum Gasteiger partial charge on any atom is 0.329 e. The van der Waals surface area contributed by atoms with Crippen molar-refractivity contribution in [3.8, 4) is 0 Å². The molecule has 0 bridgehead atoms. The molecule has 0 aliphatic heterocycles. The van der Waals surface area contributed by atoms with Gasteiger partial charge in [-0.25, -0.2) is 4.79 Å². The van der Waals surface area contributed by atoms with Crippen molar-refractivity contribution in [2.45, 2.75) is 75.8 Å². The summed E-state index contributed by atoms with van der Waals surface area (Å²) in [5, 5.41) is 0.811. The molecule has 0 unspecified atom stereocenters. The SMILES string of the molecule is Cc1cc(C)cc(Sc2c(C(C)C)c(=O)[nH]c(=O)n2CC2CCCC2)c1. The fourth-order valence-corrected chi connectivity index (χ4v) is 5.33. The Kier molecular flexibility index (Phi) is 5.76. The molecule has 140 valence electrons. The molecule has 1 fully saturated rings. The van der Waals surface area contributed by atoms with Crippen LogP contribution in [-0.2, 0) is 6.54 Å². The van der Waals surface area contributed by atoms with E-state index >= 15 is 0 Å². The predicted octanol–water partition coefficient (Wildman–Crippen LogP) is 4.62. The molecule has 2 aromatic rings. The smallest absolute Gasteiger partial charge is 0.287 e. The van der Waals surface area contributed by atoms with Crippen molar-refractivity contribution in [2.75, 3.05) is 0 Å². The van der Waals surface area contributed by atoms with E-state index in [1.807, 2.05) is 18.4 Å². The zero-order valence-corrected chi connectivity index (χ0v) is 16.9. The average molecular weight is 373 g/mol. The Morgan fingerprint density at radius 2 is 1.73 bits per heavy atom. The summed E-state index contributed by atoms with van der Waals surface area (Å²) in [6, 6.07) is 6.37. The molecule has 1 heterocycles. The molecule has 1 aromatic heterocycles. The molecular formula is C21H28N2O2S. The summed E-state index contributed by atoms with van der Waals surface area (Å²) >= 11 is 1.55. The highest BCUT2D eigenvalue weighted by atomic mass is 32.2. The fourth-order valence-electron chi connectivity index (χ4n) is 3.91. The van der Waals surface area contributed by atoms with E-state index in [-0.39, 0.29) is 17.2 Å². The normalized spacial score (nSPS) is 15.1. The van der Waals surface area contributed by atoms with Crippen LogP contribution in [0.5, 0.6) is 0 Å². The molecule has 0 saturated heterocycles. The minimum atomic E-state index is -0.279. The highest BCUT2D eigenvalue weighted by Gasteiger charge is 2.23. The zero-order chi connectivity index (χ0) is 18.8. The Morgan fingerprint density at radius 3 is 2.31 bits per heavy atom. The number of aromatic amines is 1. The van der Waals surface area contributed by atoms with Crippen molar-refractivity contribution in [3.63, 3.8) is 0 Å². The van der Waals surface area contributed by atoms with E-state index in [0.29, 0.717) is 18.0 Å². The Bertz CT molecular complexity index is 885. The van der Waals surface area contributed by atoms with Crippen LogP contribution in [0, 0.1) is 19.8 Å². The van der Waals surface area contributed by atoms with E-state index in [0.717, 1.165) is 22.8 Å². The van der Waals surface area contributed by atoms with Crippen LogP contribution in [0.2, 0.25) is 0 Å². The molecule has 0 atom stereocenters. The van der Waals surface area contributed by atoms with Gasteiger partial charge in [0, 0.05) is 11.4 Å². The van der Waals surface area contributed by atoms with Crippen LogP contribution in [0.3, 0.4) is 0 Å². The minimum Gasteiger partial charge on any atom is -0.287 e. The van der Waals surface area contributed by atoms with Gasteiger partial charge in [-0.3, -0.25) is 14.3 Å². The van der Waals surface area contributed by atoms with E-state index in [1.54, 1.807) is 11.8 Å². The zero-order valence-electron chi connectivity index (χ0n) is 16.1. The maximum atomic E-state index is 12.6. The van der Waals surface area contributed by atoms with E-state index in [9.17, 15) is 9.59 Å². The first-order valence-corrected chi connectivity index (χ1v) is 10.3. The topological polar surface area (TPSA) is 54.9 Å². The maximum absolute atomic E-state index is 12.6. The molecule has 1 aliphatic carbocycles. The van der Waals surface area contributed by atoms with Gasteiger partial charge in [-0.15, -0.1) is 0 Å². The van der Waals surface area contributed by atoms with Crippen LogP contribution in [-0.4, -0.2) is 9.55 Å². The number of nitrogens with one attached hydrogen (secondary N) is 1. The third kappa shape index (κ3) is 4.14. The first-order chi connectivity index (χ1) is 12.3. The van der Waals surface area contributed by atoms with Gasteiger partial charge in [0.05, 0.1) is 10.6 Å². The number of nitrogens with zero attached hydrogens (tertiary/aromatic N) is 1. The molecule has 4 nitrogen and oxygen atoms in total. The van der Waals surface area contributed by atoms with Gasteiger partial charge < -0.3 is 0 Å². The Morgan fingerprint density at radius 1 is 1.12 bits per heavy atom. The van der Waals surface area contributed by atoms with Crippen molar-refractivity contribution >= 4 is 11.8 Å². The van der Waals surface area contributed by atoms with Crippen molar-refractivity contribution in [3.05, 3.63) is 55.7 Å². The largest absolute Gasteiger partial charge is 0.329 e. The van der Waals surface area contributed by atoms with Gasteiger partial charge >= 0.3 is 5.69 Å². The van der Waals surface area contributed by atoms with Gasteiger partial charge in [-0.1, -0.05) is 44.5 Å². The number of H-pyrrole nitrogens is 1. The number of benzene rings is 1. The van der Waals surface area contributed by atoms with Gasteiger partial charge in [0.1, 0.15) is 0 Å². The summed E-state index contributed by atoms with van der Waals surface area (Å²) in [7, 11) is 0. The van der Waals surface area contributed by atoms with E-state index in [4.69, 9.17) is 0 Å². The Balaban J connectivity index is 2.12. The number of aromatic nitrogens is 2. The van der Waals surface area contributed by atoms with Crippen LogP contribution in [0.25, 0.3) is 0 Å². The monoisotopic (exact) mass is 372 g/mol. The summed E-state index contributed by atoms with van der Waals surface area (Å²) in [6.45, 7) is 8.87. The lowest BCUT2D eigenvalue weighted by Gasteiger charge is -2.20. The summed E-state index contributed by atoms with van der Waals surface area (Å²) in [5.74, 6) is 0.583. The number of hydrogen-bond donors (Lipinski definition) is 1. The number of aryl methyl sites for hydroxylation is 2. The van der Waals surface area contributed by atoms with Crippen molar-refractivity contribution in [1.82, 2.24) is 9.55 Å². The molecule has 26 heavy (non-hydrogen) atoms. The van der Waals surface area contributed by atoms with E-state index in [1.165, 1.54) is 24.0 Å². The predicted molar refractivity (Wildman–Crippen MR) is 107 cm³/mol. The summed E-state index contributed by atoms with van der Waals surface area (Å²) in [4.78, 5) is 28.8. The van der Waals surface area contributed by atoms with Crippen LogP contribution in [0.15, 0.2) is 37.7 Å². The molecule has 0 spiro atoms. The van der Waals surface area contributed by atoms with Gasteiger partial charge in [0.25, 0.3) is 5.56 Å². The second-order valence-electron chi connectivity index (χ2n) is 7.82. The highest BCUT2D eigenvalue weighted by molar-refractivity contribution is 7.99. The first kappa shape index (κ1) is 19.0. The number of hydrogen-bond acceptors (Lipinski definition) is 3. The standard InChI is InChI=1S/C21H28N2O2S/c1-13(2)18-19(24)22-21(25)23(12-16-7-5-6-8-16)20(18)26-17-10-14(3)9-15(4)11-17/h9-11,13,16H,5-8,12H2,1-4H3,(H,22,24,25). The van der Waals surface area contributed by atoms with Gasteiger partial charge in [-0.05, 0) is 61.8 Å². The summed E-state index contributed by atoms with van der Waals surface area (Å²) in [6.07, 6.45) is 4.80. The molecule has 5 heteroatoms. The molecule has 1 aromatic carbocycles. The van der Waals surface area contributed by atoms with Crippen molar-refractivity contribution in [2.24, 2.45) is 5.92 Å². The van der Waals surface area contributed by atoms with Crippen molar-refractivity contribution < 1.29 is 0 Å². The third-order valence-corrected chi connectivity index (χ3v) is 6.19. The highest BCUT2D eigenvalue weighted by Crippen LogP contribution is 2.34. The van der Waals surface area contributed by atoms with Crippen molar-refractivity contribution in [1.29, 1.82) is 0 Å². The lowest BCUT2D eigenvalue weighted by Crippen LogP contribution is -2.35. The molecule has 1 N–H and O–H groups in total. The van der Waals surface area contributed by atoms with Crippen LogP contribution >= 0.6 is 11.8 Å². The van der Waals surface area contributed by atoms with Crippen LogP contribution in [0.1, 0.15) is 62.1 Å². The second-order valence-corrected chi connectivity index (χ2v) is 8.88. The fraction of sp³-hybridized carbons (Fsp3) is 0.524. The van der Waals surface area contributed by atoms with Gasteiger partial charge in [-0.2, -0.15) is 0 Å². The van der Waals surface area contributed by atoms with Gasteiger partial charge in [0.2, 0.25) is 0 Å². The lowest BCUT2D eigenvalue weighted by atomic mass is 10.1.